The molecule has 31 heavy (non-hydrogen) atoms. The third kappa shape index (κ3) is 3.78. The number of hydrogen-bond acceptors (Lipinski definition) is 5. The van der Waals surface area contributed by atoms with Crippen LogP contribution in [-0.4, -0.2) is 46.9 Å². The van der Waals surface area contributed by atoms with E-state index in [1.807, 2.05) is 11.0 Å². The molecule has 0 spiro atoms. The van der Waals surface area contributed by atoms with Gasteiger partial charge in [0, 0.05) is 30.8 Å². The number of ether oxygens (including phenoxy) is 1. The van der Waals surface area contributed by atoms with Crippen molar-refractivity contribution in [2.75, 3.05) is 25.0 Å². The molecule has 2 aromatic rings. The summed E-state index contributed by atoms with van der Waals surface area (Å²) in [5, 5.41) is 13.8. The van der Waals surface area contributed by atoms with E-state index in [9.17, 15) is 19.1 Å². The first-order valence-corrected chi connectivity index (χ1v) is 10.2. The van der Waals surface area contributed by atoms with Gasteiger partial charge in [-0.2, -0.15) is 0 Å². The zero-order chi connectivity index (χ0) is 21.6. The summed E-state index contributed by atoms with van der Waals surface area (Å²) in [6.07, 6.45) is 4.31. The highest BCUT2D eigenvalue weighted by Gasteiger charge is 2.43. The molecule has 2 heterocycles. The monoisotopic (exact) mass is 420 g/mol. The molecular weight excluding hydrogens is 399 g/mol. The average Bonchev–Trinajstić information content (AvgIpc) is 3.19. The number of anilines is 1. The van der Waals surface area contributed by atoms with Crippen molar-refractivity contribution in [1.82, 2.24) is 4.90 Å². The van der Waals surface area contributed by atoms with Crippen LogP contribution in [-0.2, 0) is 11.2 Å². The molecule has 1 saturated heterocycles. The van der Waals surface area contributed by atoms with Gasteiger partial charge < -0.3 is 15.2 Å². The molecular formula is C24H21FN2O4. The lowest BCUT2D eigenvalue weighted by molar-refractivity contribution is -0.116. The summed E-state index contributed by atoms with van der Waals surface area (Å²) < 4.78 is 19.4. The Kier molecular flexibility index (Phi) is 4.72. The standard InChI is InChI=1S/C24H21FN2O4/c25-19-3-1-2-4-22(19)31-18-10-17-12-27(14-24(17,30)11-18)13-21(28)16-5-7-20-15(9-16)6-8-23(29)26-20/h1-5,7,9-11,30H,6,8,12-14H2,(H,26,29)/t24-/m1/s1. The highest BCUT2D eigenvalue weighted by Crippen LogP contribution is 2.36. The smallest absolute Gasteiger partial charge is 0.224 e. The predicted molar refractivity (Wildman–Crippen MR) is 112 cm³/mol. The normalized spacial score (nSPS) is 22.3. The van der Waals surface area contributed by atoms with Crippen molar-refractivity contribution in [2.45, 2.75) is 18.4 Å². The largest absolute Gasteiger partial charge is 0.455 e. The number of likely N-dealkylation sites (tertiary alicyclic amines) is 1. The quantitative estimate of drug-likeness (QED) is 0.728. The van der Waals surface area contributed by atoms with E-state index in [4.69, 9.17) is 4.74 Å². The van der Waals surface area contributed by atoms with Crippen LogP contribution in [0, 0.1) is 5.82 Å². The molecule has 1 fully saturated rings. The fourth-order valence-corrected chi connectivity index (χ4v) is 4.31. The first kappa shape index (κ1) is 19.7. The molecule has 6 nitrogen and oxygen atoms in total. The summed E-state index contributed by atoms with van der Waals surface area (Å²) in [6, 6.07) is 11.4. The second-order valence-electron chi connectivity index (χ2n) is 8.16. The molecule has 2 aliphatic heterocycles. The maximum Gasteiger partial charge on any atom is 0.224 e. The number of carbonyl (C=O) groups is 2. The van der Waals surface area contributed by atoms with Gasteiger partial charge in [-0.3, -0.25) is 14.5 Å². The Hall–Kier alpha value is -3.29. The van der Waals surface area contributed by atoms with Crippen LogP contribution in [0.1, 0.15) is 22.3 Å². The van der Waals surface area contributed by atoms with Crippen LogP contribution in [0.3, 0.4) is 0 Å². The molecule has 0 saturated carbocycles. The minimum atomic E-state index is -1.22. The molecule has 158 valence electrons. The van der Waals surface area contributed by atoms with Crippen LogP contribution in [0.4, 0.5) is 10.1 Å². The van der Waals surface area contributed by atoms with E-state index < -0.39 is 11.4 Å². The van der Waals surface area contributed by atoms with Crippen LogP contribution in [0.2, 0.25) is 0 Å². The molecule has 0 bridgehead atoms. The third-order valence-corrected chi connectivity index (χ3v) is 5.87. The SMILES string of the molecule is O=C1CCc2cc(C(=O)CN3CC4=CC(Oc5ccccc5F)=C[C@@]4(O)C3)ccc2N1. The molecule has 7 heteroatoms. The van der Waals surface area contributed by atoms with E-state index in [0.29, 0.717) is 30.7 Å². The molecule has 1 aliphatic carbocycles. The summed E-state index contributed by atoms with van der Waals surface area (Å²) >= 11 is 0. The van der Waals surface area contributed by atoms with Crippen LogP contribution in [0.5, 0.6) is 5.75 Å². The fraction of sp³-hybridized carbons (Fsp3) is 0.250. The topological polar surface area (TPSA) is 78.9 Å². The van der Waals surface area contributed by atoms with E-state index in [2.05, 4.69) is 5.32 Å². The highest BCUT2D eigenvalue weighted by atomic mass is 19.1. The number of halogens is 1. The van der Waals surface area contributed by atoms with Crippen LogP contribution in [0.25, 0.3) is 0 Å². The molecule has 0 aromatic heterocycles. The zero-order valence-electron chi connectivity index (χ0n) is 16.7. The van der Waals surface area contributed by atoms with E-state index in [0.717, 1.165) is 16.8 Å². The number of β-amino-alcohol motifs (C(OH)–C–C–N with tert-alkyl or cyclic N) is 1. The Morgan fingerprint density at radius 2 is 2.06 bits per heavy atom. The number of nitrogens with zero attached hydrogens (tertiary/aromatic N) is 1. The number of benzene rings is 2. The highest BCUT2D eigenvalue weighted by molar-refractivity contribution is 6.00. The van der Waals surface area contributed by atoms with Crippen molar-refractivity contribution in [2.24, 2.45) is 0 Å². The number of aliphatic hydroxyl groups is 1. The number of hydrogen-bond donors (Lipinski definition) is 2. The number of para-hydroxylation sites is 1. The number of ketones is 1. The molecule has 0 unspecified atom stereocenters. The maximum atomic E-state index is 13.8. The van der Waals surface area contributed by atoms with Crippen molar-refractivity contribution in [3.8, 4) is 5.75 Å². The number of aryl methyl sites for hydroxylation is 1. The average molecular weight is 420 g/mol. The van der Waals surface area contributed by atoms with E-state index >= 15 is 0 Å². The number of Topliss-reactive ketones (excluding diaryl/α,β-unsaturated/α-hetero) is 1. The molecule has 2 N–H and O–H groups in total. The Labute approximate surface area is 178 Å². The Morgan fingerprint density at radius 3 is 2.87 bits per heavy atom. The van der Waals surface area contributed by atoms with Crippen molar-refractivity contribution in [3.05, 3.63) is 82.9 Å². The van der Waals surface area contributed by atoms with Gasteiger partial charge >= 0.3 is 0 Å². The second kappa shape index (κ2) is 7.44. The number of allylic oxidation sites excluding steroid dienone is 1. The zero-order valence-corrected chi connectivity index (χ0v) is 16.7. The van der Waals surface area contributed by atoms with Crippen molar-refractivity contribution >= 4 is 17.4 Å². The minimum Gasteiger partial charge on any atom is -0.455 e. The van der Waals surface area contributed by atoms with Crippen LogP contribution in [0.15, 0.2) is 65.9 Å². The van der Waals surface area contributed by atoms with Gasteiger partial charge in [0.05, 0.1) is 6.54 Å². The van der Waals surface area contributed by atoms with E-state index in [1.165, 1.54) is 12.1 Å². The fourth-order valence-electron chi connectivity index (χ4n) is 4.31. The van der Waals surface area contributed by atoms with E-state index in [1.54, 1.807) is 36.4 Å². The third-order valence-electron chi connectivity index (χ3n) is 5.87. The summed E-state index contributed by atoms with van der Waals surface area (Å²) in [6.45, 7) is 0.849. The molecule has 1 atom stereocenters. The molecule has 1 amide bonds. The van der Waals surface area contributed by atoms with Gasteiger partial charge in [-0.1, -0.05) is 12.1 Å². The number of fused-ring (bicyclic) bond motifs is 2. The van der Waals surface area contributed by atoms with Gasteiger partial charge in [-0.05, 0) is 60.0 Å². The van der Waals surface area contributed by atoms with Gasteiger partial charge in [-0.25, -0.2) is 4.39 Å². The number of carbonyl (C=O) groups excluding carboxylic acids is 2. The second-order valence-corrected chi connectivity index (χ2v) is 8.16. The number of amides is 1. The number of nitrogens with one attached hydrogen (secondary N) is 1. The van der Waals surface area contributed by atoms with Gasteiger partial charge in [0.25, 0.3) is 0 Å². The predicted octanol–water partition coefficient (Wildman–Crippen LogP) is 2.84. The molecule has 3 aliphatic rings. The summed E-state index contributed by atoms with van der Waals surface area (Å²) in [5.74, 6) is -0.0309. The lowest BCUT2D eigenvalue weighted by atomic mass is 9.98. The first-order valence-electron chi connectivity index (χ1n) is 10.2. The van der Waals surface area contributed by atoms with E-state index in [-0.39, 0.29) is 30.5 Å². The Balaban J connectivity index is 1.24. The molecule has 5 rings (SSSR count). The van der Waals surface area contributed by atoms with Crippen LogP contribution < -0.4 is 10.1 Å². The van der Waals surface area contributed by atoms with Gasteiger partial charge in [0.1, 0.15) is 11.4 Å². The van der Waals surface area contributed by atoms with Crippen molar-refractivity contribution in [1.29, 1.82) is 0 Å². The molecule has 0 radical (unpaired) electrons. The summed E-state index contributed by atoms with van der Waals surface area (Å²) in [7, 11) is 0. The van der Waals surface area contributed by atoms with Crippen LogP contribution >= 0.6 is 0 Å². The summed E-state index contributed by atoms with van der Waals surface area (Å²) in [4.78, 5) is 26.2. The van der Waals surface area contributed by atoms with Crippen molar-refractivity contribution in [3.63, 3.8) is 0 Å². The minimum absolute atomic E-state index is 0.0110. The van der Waals surface area contributed by atoms with Gasteiger partial charge in [-0.15, -0.1) is 0 Å². The molecule has 2 aromatic carbocycles. The number of rotatable bonds is 5. The Morgan fingerprint density at radius 1 is 1.23 bits per heavy atom. The first-order chi connectivity index (χ1) is 14.9. The summed E-state index contributed by atoms with van der Waals surface area (Å²) in [5.41, 5.74) is 1.81. The lowest BCUT2D eigenvalue weighted by Gasteiger charge is -2.20. The van der Waals surface area contributed by atoms with Crippen molar-refractivity contribution < 1.29 is 23.8 Å². The van der Waals surface area contributed by atoms with Gasteiger partial charge in [0.2, 0.25) is 5.91 Å². The Bertz CT molecular complexity index is 1160. The maximum absolute atomic E-state index is 13.8. The van der Waals surface area contributed by atoms with Gasteiger partial charge in [0.15, 0.2) is 17.3 Å². The lowest BCUT2D eigenvalue weighted by Crippen LogP contribution is -2.34.